The topological polar surface area (TPSA) is 85.6 Å². The van der Waals surface area contributed by atoms with Crippen LogP contribution < -0.4 is 14.8 Å². The number of phenols is 1. The fourth-order valence-corrected chi connectivity index (χ4v) is 4.22. The fourth-order valence-electron chi connectivity index (χ4n) is 4.22. The van der Waals surface area contributed by atoms with Crippen molar-refractivity contribution >= 4 is 33.8 Å². The molecule has 7 heteroatoms. The fraction of sp³-hybridized carbons (Fsp3) is 0.103. The molecule has 0 fully saturated rings. The van der Waals surface area contributed by atoms with Gasteiger partial charge in [0.1, 0.15) is 5.75 Å². The van der Waals surface area contributed by atoms with E-state index >= 15 is 0 Å². The van der Waals surface area contributed by atoms with Crippen molar-refractivity contribution in [3.8, 4) is 22.9 Å². The number of para-hydroxylation sites is 1. The number of fused-ring (bicyclic) bond motifs is 3. The molecule has 0 atom stereocenters. The van der Waals surface area contributed by atoms with Crippen molar-refractivity contribution in [2.75, 3.05) is 14.2 Å². The quantitative estimate of drug-likeness (QED) is 0.312. The molecule has 0 saturated carbocycles. The van der Waals surface area contributed by atoms with E-state index in [4.69, 9.17) is 9.47 Å². The molecule has 0 spiro atoms. The third kappa shape index (κ3) is 4.46. The second-order valence-electron chi connectivity index (χ2n) is 8.23. The summed E-state index contributed by atoms with van der Waals surface area (Å²) < 4.78 is 12.6. The Morgan fingerprint density at radius 2 is 1.78 bits per heavy atom. The number of hydrogen-bond acceptors (Lipinski definition) is 5. The van der Waals surface area contributed by atoms with Gasteiger partial charge in [0.15, 0.2) is 11.5 Å². The van der Waals surface area contributed by atoms with Gasteiger partial charge in [-0.25, -0.2) is 0 Å². The van der Waals surface area contributed by atoms with Crippen molar-refractivity contribution in [1.29, 1.82) is 0 Å². The first-order valence-electron chi connectivity index (χ1n) is 11.4. The molecule has 0 radical (unpaired) electrons. The van der Waals surface area contributed by atoms with E-state index in [9.17, 15) is 9.90 Å². The minimum Gasteiger partial charge on any atom is -0.504 e. The average molecular weight is 480 g/mol. The number of aromatic nitrogens is 2. The normalized spacial score (nSPS) is 11.3. The van der Waals surface area contributed by atoms with Gasteiger partial charge in [0.05, 0.1) is 43.7 Å². The Morgan fingerprint density at radius 1 is 0.972 bits per heavy atom. The van der Waals surface area contributed by atoms with Crippen LogP contribution in [0.25, 0.3) is 33.6 Å². The molecule has 0 aliphatic heterocycles. The summed E-state index contributed by atoms with van der Waals surface area (Å²) in [6, 6.07) is 23.1. The molecule has 2 aromatic heterocycles. The third-order valence-electron chi connectivity index (χ3n) is 6.02. The van der Waals surface area contributed by atoms with Crippen LogP contribution in [0.5, 0.6) is 17.2 Å². The van der Waals surface area contributed by atoms with E-state index in [1.54, 1.807) is 25.3 Å². The molecule has 2 N–H and O–H groups in total. The number of nitrogens with zero attached hydrogens (tertiary/aromatic N) is 2. The number of carbonyl (C=O) groups excluding carboxylic acids is 1. The second kappa shape index (κ2) is 9.84. The summed E-state index contributed by atoms with van der Waals surface area (Å²) in [6.07, 6.45) is 4.95. The summed E-state index contributed by atoms with van der Waals surface area (Å²) in [5, 5.41) is 14.8. The summed E-state index contributed by atoms with van der Waals surface area (Å²) in [7, 11) is 3.13. The van der Waals surface area contributed by atoms with Crippen molar-refractivity contribution < 1.29 is 19.4 Å². The number of rotatable bonds is 7. The molecule has 7 nitrogen and oxygen atoms in total. The number of pyridine rings is 1. The van der Waals surface area contributed by atoms with Gasteiger partial charge in [-0.15, -0.1) is 0 Å². The molecule has 0 aliphatic rings. The SMILES string of the molecule is COc1ccc(-n2c3ccccc3c3cc(CNC(=O)/C=C/c4ccc(O)c(OC)c4)ncc32)cc1. The van der Waals surface area contributed by atoms with E-state index in [0.717, 1.165) is 44.5 Å². The number of nitrogens with one attached hydrogen (secondary N) is 1. The zero-order valence-electron chi connectivity index (χ0n) is 19.9. The Bertz CT molecular complexity index is 1590. The van der Waals surface area contributed by atoms with Gasteiger partial charge in [-0.3, -0.25) is 9.78 Å². The molecule has 0 aliphatic carbocycles. The number of benzene rings is 3. The minimum absolute atomic E-state index is 0.0499. The van der Waals surface area contributed by atoms with Crippen molar-refractivity contribution in [3.63, 3.8) is 0 Å². The Kier molecular flexibility index (Phi) is 6.28. The predicted molar refractivity (Wildman–Crippen MR) is 141 cm³/mol. The predicted octanol–water partition coefficient (Wildman–Crippen LogP) is 5.23. The van der Waals surface area contributed by atoms with Crippen LogP contribution in [0.15, 0.2) is 85.1 Å². The van der Waals surface area contributed by atoms with Gasteiger partial charge in [0, 0.05) is 22.5 Å². The van der Waals surface area contributed by atoms with Crippen molar-refractivity contribution in [3.05, 3.63) is 96.3 Å². The smallest absolute Gasteiger partial charge is 0.244 e. The van der Waals surface area contributed by atoms with Crippen molar-refractivity contribution in [2.24, 2.45) is 0 Å². The molecule has 0 saturated heterocycles. The van der Waals surface area contributed by atoms with Crippen molar-refractivity contribution in [1.82, 2.24) is 14.9 Å². The number of methoxy groups -OCH3 is 2. The van der Waals surface area contributed by atoms with Gasteiger partial charge in [0.25, 0.3) is 0 Å². The molecule has 0 unspecified atom stereocenters. The maximum atomic E-state index is 12.4. The van der Waals surface area contributed by atoms with E-state index in [-0.39, 0.29) is 11.7 Å². The van der Waals surface area contributed by atoms with Gasteiger partial charge in [-0.1, -0.05) is 24.3 Å². The van der Waals surface area contributed by atoms with Crippen LogP contribution in [0, 0.1) is 0 Å². The Morgan fingerprint density at radius 3 is 2.56 bits per heavy atom. The summed E-state index contributed by atoms with van der Waals surface area (Å²) in [5.41, 5.74) is 4.57. The Hall–Kier alpha value is -4.78. The highest BCUT2D eigenvalue weighted by Crippen LogP contribution is 2.32. The molecular formula is C29H25N3O4. The summed E-state index contributed by atoms with van der Waals surface area (Å²) in [6.45, 7) is 0.292. The third-order valence-corrected chi connectivity index (χ3v) is 6.02. The van der Waals surface area contributed by atoms with Crippen LogP contribution in [-0.4, -0.2) is 34.8 Å². The van der Waals surface area contributed by atoms with Crippen LogP contribution in [0.2, 0.25) is 0 Å². The Balaban J connectivity index is 1.39. The zero-order chi connectivity index (χ0) is 25.1. The van der Waals surface area contributed by atoms with E-state index < -0.39 is 0 Å². The largest absolute Gasteiger partial charge is 0.504 e. The molecule has 1 amide bonds. The highest BCUT2D eigenvalue weighted by molar-refractivity contribution is 6.09. The average Bonchev–Trinajstić information content (AvgIpc) is 3.25. The molecule has 0 bridgehead atoms. The maximum Gasteiger partial charge on any atom is 0.244 e. The van der Waals surface area contributed by atoms with Crippen LogP contribution in [0.3, 0.4) is 0 Å². The van der Waals surface area contributed by atoms with Crippen LogP contribution >= 0.6 is 0 Å². The van der Waals surface area contributed by atoms with Crippen LogP contribution in [0.4, 0.5) is 0 Å². The first-order chi connectivity index (χ1) is 17.6. The molecule has 5 rings (SSSR count). The van der Waals surface area contributed by atoms with Gasteiger partial charge in [0.2, 0.25) is 5.91 Å². The number of carbonyl (C=O) groups is 1. The van der Waals surface area contributed by atoms with E-state index in [1.807, 2.05) is 48.7 Å². The lowest BCUT2D eigenvalue weighted by atomic mass is 10.1. The minimum atomic E-state index is -0.246. The van der Waals surface area contributed by atoms with Crippen LogP contribution in [0.1, 0.15) is 11.3 Å². The highest BCUT2D eigenvalue weighted by Gasteiger charge is 2.13. The first kappa shape index (κ1) is 23.0. The lowest BCUT2D eigenvalue weighted by molar-refractivity contribution is -0.116. The number of amides is 1. The molecule has 36 heavy (non-hydrogen) atoms. The number of hydrogen-bond donors (Lipinski definition) is 2. The standard InChI is InChI=1S/C29H25N3O4/c1-35-22-11-9-21(10-12-22)32-25-6-4-3-5-23(25)24-16-20(30-18-26(24)32)17-31-29(34)14-8-19-7-13-27(33)28(15-19)36-2/h3-16,18,33H,17H2,1-2H3,(H,31,34)/b14-8+. The van der Waals surface area contributed by atoms with Gasteiger partial charge >= 0.3 is 0 Å². The van der Waals surface area contributed by atoms with E-state index in [1.165, 1.54) is 19.3 Å². The van der Waals surface area contributed by atoms with Gasteiger partial charge in [-0.2, -0.15) is 0 Å². The summed E-state index contributed by atoms with van der Waals surface area (Å²) >= 11 is 0. The maximum absolute atomic E-state index is 12.4. The first-order valence-corrected chi connectivity index (χ1v) is 11.4. The van der Waals surface area contributed by atoms with E-state index in [2.05, 4.69) is 27.0 Å². The monoisotopic (exact) mass is 479 g/mol. The van der Waals surface area contributed by atoms with Gasteiger partial charge in [-0.05, 0) is 60.2 Å². The zero-order valence-corrected chi connectivity index (χ0v) is 19.9. The Labute approximate surface area is 208 Å². The van der Waals surface area contributed by atoms with Gasteiger partial charge < -0.3 is 24.5 Å². The molecular weight excluding hydrogens is 454 g/mol. The lowest BCUT2D eigenvalue weighted by Gasteiger charge is -2.09. The number of phenolic OH excluding ortho intramolecular Hbond substituents is 1. The summed E-state index contributed by atoms with van der Waals surface area (Å²) in [5.74, 6) is 0.955. The highest BCUT2D eigenvalue weighted by atomic mass is 16.5. The second-order valence-corrected chi connectivity index (χ2v) is 8.23. The molecule has 2 heterocycles. The number of ether oxygens (including phenoxy) is 2. The van der Waals surface area contributed by atoms with Crippen LogP contribution in [-0.2, 0) is 11.3 Å². The summed E-state index contributed by atoms with van der Waals surface area (Å²) in [4.78, 5) is 17.0. The molecule has 5 aromatic rings. The molecule has 3 aromatic carbocycles. The van der Waals surface area contributed by atoms with Crippen molar-refractivity contribution in [2.45, 2.75) is 6.54 Å². The molecule has 180 valence electrons. The number of aromatic hydroxyl groups is 1. The lowest BCUT2D eigenvalue weighted by Crippen LogP contribution is -2.20. The van der Waals surface area contributed by atoms with E-state index in [0.29, 0.717) is 12.3 Å².